The number of aryl methyl sites for hydroxylation is 2. The highest BCUT2D eigenvalue weighted by Gasteiger charge is 2.23. The van der Waals surface area contributed by atoms with E-state index in [4.69, 9.17) is 9.47 Å². The van der Waals surface area contributed by atoms with Gasteiger partial charge in [-0.1, -0.05) is 64.1 Å². The van der Waals surface area contributed by atoms with Crippen molar-refractivity contribution < 1.29 is 9.47 Å². The summed E-state index contributed by atoms with van der Waals surface area (Å²) in [6.07, 6.45) is 16.2. The van der Waals surface area contributed by atoms with Crippen LogP contribution in [0.4, 0.5) is 0 Å². The molecular weight excluding hydrogens is 428 g/mol. The van der Waals surface area contributed by atoms with Crippen molar-refractivity contribution >= 4 is 0 Å². The van der Waals surface area contributed by atoms with Gasteiger partial charge in [-0.25, -0.2) is 0 Å². The number of terminal acetylenes is 1. The highest BCUT2D eigenvalue weighted by Crippen LogP contribution is 2.34. The fourth-order valence-corrected chi connectivity index (χ4v) is 3.67. The molecule has 3 aromatic rings. The van der Waals surface area contributed by atoms with Crippen molar-refractivity contribution in [2.45, 2.75) is 59.8 Å². The summed E-state index contributed by atoms with van der Waals surface area (Å²) in [5.74, 6) is 3.46. The van der Waals surface area contributed by atoms with Crippen molar-refractivity contribution in [3.63, 3.8) is 0 Å². The largest absolute Gasteiger partial charge is 0.458 e. The Bertz CT molecular complexity index is 1140. The molecule has 0 saturated heterocycles. The lowest BCUT2D eigenvalue weighted by atomic mass is 9.78. The molecule has 0 aliphatic carbocycles. The fraction of sp³-hybridized carbons (Fsp3) is 0.273. The first-order chi connectivity index (χ1) is 16.8. The van der Waals surface area contributed by atoms with Crippen LogP contribution in [-0.2, 0) is 5.41 Å². The third kappa shape index (κ3) is 7.66. The van der Waals surface area contributed by atoms with Gasteiger partial charge in [0.15, 0.2) is 0 Å². The zero-order valence-corrected chi connectivity index (χ0v) is 22.0. The second-order valence-corrected chi connectivity index (χ2v) is 8.95. The van der Waals surface area contributed by atoms with Crippen molar-refractivity contribution in [3.8, 4) is 30.1 Å². The summed E-state index contributed by atoms with van der Waals surface area (Å²) in [6.45, 7) is 12.9. The van der Waals surface area contributed by atoms with Crippen LogP contribution in [0.3, 0.4) is 0 Å². The predicted octanol–water partition coefficient (Wildman–Crippen LogP) is 9.31. The lowest BCUT2D eigenvalue weighted by Gasteiger charge is -2.26. The van der Waals surface area contributed by atoms with Gasteiger partial charge in [-0.2, -0.15) is 0 Å². The van der Waals surface area contributed by atoms with Gasteiger partial charge in [0.1, 0.15) is 23.0 Å². The number of benzene rings is 3. The van der Waals surface area contributed by atoms with Gasteiger partial charge in [-0.3, -0.25) is 0 Å². The Morgan fingerprint density at radius 2 is 1.29 bits per heavy atom. The van der Waals surface area contributed by atoms with E-state index in [1.54, 1.807) is 0 Å². The van der Waals surface area contributed by atoms with E-state index in [0.29, 0.717) is 0 Å². The van der Waals surface area contributed by atoms with Crippen molar-refractivity contribution in [2.75, 3.05) is 0 Å². The first-order valence-corrected chi connectivity index (χ1v) is 12.2. The summed E-state index contributed by atoms with van der Waals surface area (Å²) in [5.41, 5.74) is 4.84. The average Bonchev–Trinajstić information content (AvgIpc) is 2.87. The Hall–Kier alpha value is -3.70. The monoisotopic (exact) mass is 466 g/mol. The lowest BCUT2D eigenvalue weighted by Crippen LogP contribution is -2.18. The molecule has 0 spiro atoms. The minimum absolute atomic E-state index is 0.137. The van der Waals surface area contributed by atoms with Crippen LogP contribution >= 0.6 is 0 Å². The summed E-state index contributed by atoms with van der Waals surface area (Å²) in [4.78, 5) is 0. The maximum absolute atomic E-state index is 6.08. The molecule has 0 N–H and O–H groups in total. The minimum Gasteiger partial charge on any atom is -0.458 e. The molecule has 0 aliphatic rings. The van der Waals surface area contributed by atoms with E-state index < -0.39 is 0 Å². The molecule has 2 heteroatoms. The zero-order chi connectivity index (χ0) is 25.8. The predicted molar refractivity (Wildman–Crippen MR) is 149 cm³/mol. The van der Waals surface area contributed by atoms with Crippen LogP contribution in [0.1, 0.15) is 62.8 Å². The molecule has 0 unspecified atom stereocenters. The average molecular weight is 467 g/mol. The van der Waals surface area contributed by atoms with Gasteiger partial charge in [0, 0.05) is 5.41 Å². The first kappa shape index (κ1) is 27.5. The molecular formula is C33H38O2. The molecule has 0 amide bonds. The third-order valence-corrected chi connectivity index (χ3v) is 6.02. The third-order valence-electron chi connectivity index (χ3n) is 6.02. The van der Waals surface area contributed by atoms with E-state index in [1.807, 2.05) is 24.3 Å². The fourth-order valence-electron chi connectivity index (χ4n) is 3.67. The molecule has 0 radical (unpaired) electrons. The Kier molecular flexibility index (Phi) is 10.4. The van der Waals surface area contributed by atoms with Gasteiger partial charge in [-0.15, -0.1) is 12.8 Å². The maximum atomic E-state index is 6.08. The standard InChI is InChI=1S/C31H36O2.C2H2/c1-7-9-11-27(10-8-2)32-28-18-13-25(14-19-28)31(5,6)26-15-20-29(21-16-26)33-30-17-12-23(3)24(4)22-30;1-2/h9-22H,7-8H2,1-6H3;1-2H/b11-9-,27-10+;. The van der Waals surface area contributed by atoms with Crippen LogP contribution in [-0.4, -0.2) is 0 Å². The second-order valence-electron chi connectivity index (χ2n) is 8.95. The molecule has 0 aromatic heterocycles. The van der Waals surface area contributed by atoms with Gasteiger partial charge in [-0.05, 0) is 97.5 Å². The Balaban J connectivity index is 0.00000210. The van der Waals surface area contributed by atoms with Gasteiger partial charge >= 0.3 is 0 Å². The van der Waals surface area contributed by atoms with E-state index >= 15 is 0 Å². The van der Waals surface area contributed by atoms with E-state index in [1.165, 1.54) is 22.3 Å². The van der Waals surface area contributed by atoms with Crippen LogP contribution in [0.2, 0.25) is 0 Å². The molecule has 3 aromatic carbocycles. The van der Waals surface area contributed by atoms with Crippen LogP contribution < -0.4 is 9.47 Å². The van der Waals surface area contributed by atoms with Gasteiger partial charge in [0.2, 0.25) is 0 Å². The van der Waals surface area contributed by atoms with E-state index in [-0.39, 0.29) is 5.41 Å². The molecule has 0 atom stereocenters. The van der Waals surface area contributed by atoms with E-state index in [9.17, 15) is 0 Å². The lowest BCUT2D eigenvalue weighted by molar-refractivity contribution is 0.441. The SMILES string of the molecule is C#C.CC/C=C\C(=C/CC)Oc1ccc(C(C)(C)c2ccc(Oc3ccc(C)c(C)c3)cc2)cc1. The summed E-state index contributed by atoms with van der Waals surface area (Å²) in [6, 6.07) is 23.0. The molecule has 2 nitrogen and oxygen atoms in total. The number of ether oxygens (including phenoxy) is 2. The van der Waals surface area contributed by atoms with Crippen molar-refractivity contribution in [1.29, 1.82) is 0 Å². The molecule has 182 valence electrons. The Labute approximate surface area is 212 Å². The highest BCUT2D eigenvalue weighted by molar-refractivity contribution is 5.43. The minimum atomic E-state index is -0.137. The molecule has 35 heavy (non-hydrogen) atoms. The number of hydrogen-bond acceptors (Lipinski definition) is 2. The number of allylic oxidation sites excluding steroid dienone is 3. The van der Waals surface area contributed by atoms with Gasteiger partial charge in [0.25, 0.3) is 0 Å². The van der Waals surface area contributed by atoms with E-state index in [0.717, 1.165) is 35.8 Å². The van der Waals surface area contributed by atoms with Crippen LogP contribution in [0.25, 0.3) is 0 Å². The quantitative estimate of drug-likeness (QED) is 0.178. The van der Waals surface area contributed by atoms with Crippen LogP contribution in [0.15, 0.2) is 90.7 Å². The molecule has 3 rings (SSSR count). The molecule has 0 fully saturated rings. The van der Waals surface area contributed by atoms with Gasteiger partial charge < -0.3 is 9.47 Å². The summed E-state index contributed by atoms with van der Waals surface area (Å²) in [7, 11) is 0. The summed E-state index contributed by atoms with van der Waals surface area (Å²) >= 11 is 0. The first-order valence-electron chi connectivity index (χ1n) is 12.2. The van der Waals surface area contributed by atoms with Gasteiger partial charge in [0.05, 0.1) is 0 Å². The normalized spacial score (nSPS) is 11.6. The topological polar surface area (TPSA) is 18.5 Å². The van der Waals surface area contributed by atoms with Crippen molar-refractivity contribution in [2.24, 2.45) is 0 Å². The van der Waals surface area contributed by atoms with E-state index in [2.05, 4.69) is 115 Å². The highest BCUT2D eigenvalue weighted by atomic mass is 16.5. The smallest absolute Gasteiger partial charge is 0.127 e. The van der Waals surface area contributed by atoms with Crippen LogP contribution in [0, 0.1) is 26.7 Å². The molecule has 0 saturated carbocycles. The summed E-state index contributed by atoms with van der Waals surface area (Å²) in [5, 5.41) is 0. The molecule has 0 heterocycles. The van der Waals surface area contributed by atoms with Crippen molar-refractivity contribution in [3.05, 3.63) is 113 Å². The maximum Gasteiger partial charge on any atom is 0.127 e. The zero-order valence-electron chi connectivity index (χ0n) is 22.0. The molecule has 0 aliphatic heterocycles. The number of hydrogen-bond donors (Lipinski definition) is 0. The Morgan fingerprint density at radius 3 is 1.80 bits per heavy atom. The van der Waals surface area contributed by atoms with Crippen LogP contribution in [0.5, 0.6) is 17.2 Å². The molecule has 0 bridgehead atoms. The number of rotatable bonds is 9. The summed E-state index contributed by atoms with van der Waals surface area (Å²) < 4.78 is 12.1. The Morgan fingerprint density at radius 1 is 0.743 bits per heavy atom. The van der Waals surface area contributed by atoms with Crippen molar-refractivity contribution in [1.82, 2.24) is 0 Å². The second kappa shape index (κ2) is 13.3.